The summed E-state index contributed by atoms with van der Waals surface area (Å²) in [5.41, 5.74) is -1.41. The highest BCUT2D eigenvalue weighted by Gasteiger charge is 2.24. The van der Waals surface area contributed by atoms with Crippen LogP contribution < -0.4 is 11.2 Å². The van der Waals surface area contributed by atoms with E-state index in [-0.39, 0.29) is 0 Å². The topological polar surface area (TPSA) is 145 Å². The van der Waals surface area contributed by atoms with E-state index in [1.165, 1.54) is 0 Å². The van der Waals surface area contributed by atoms with Gasteiger partial charge in [0.25, 0.3) is 5.56 Å². The van der Waals surface area contributed by atoms with E-state index in [2.05, 4.69) is 0 Å². The fourth-order valence-electron chi connectivity index (χ4n) is 1.43. The quantitative estimate of drug-likeness (QED) is 0.352. The van der Waals surface area contributed by atoms with Crippen molar-refractivity contribution in [2.24, 2.45) is 0 Å². The molecule has 0 spiro atoms. The van der Waals surface area contributed by atoms with Gasteiger partial charge in [-0.1, -0.05) is 0 Å². The third kappa shape index (κ3) is 3.98. The van der Waals surface area contributed by atoms with Gasteiger partial charge in [0.2, 0.25) is 0 Å². The lowest BCUT2D eigenvalue weighted by atomic mass is 10.2. The zero-order valence-electron chi connectivity index (χ0n) is 9.97. The zero-order valence-corrected chi connectivity index (χ0v) is 9.97. The molecular weight excluding hydrogens is 260 g/mol. The van der Waals surface area contributed by atoms with Crippen LogP contribution in [0.5, 0.6) is 0 Å². The molecule has 0 aliphatic carbocycles. The first-order valence-corrected chi connectivity index (χ1v) is 5.51. The third-order valence-electron chi connectivity index (χ3n) is 2.45. The van der Waals surface area contributed by atoms with Gasteiger partial charge in [-0.05, 0) is 0 Å². The maximum absolute atomic E-state index is 11.5. The number of aliphatic hydroxyl groups is 4. The standard InChI is InChI=1S/C10H16N2O7/c13-3-6(16)7(4-14)19-9(5-15)12-2-1-8(17)11-10(12)18/h1-2,6-7,9,13-16H,3-5H2,(H,11,17,18)/t6-,7-,9-/m1/s1. The average molecular weight is 276 g/mol. The number of nitrogens with zero attached hydrogens (tertiary/aromatic N) is 1. The summed E-state index contributed by atoms with van der Waals surface area (Å²) in [5, 5.41) is 36.3. The van der Waals surface area contributed by atoms with Crippen LogP contribution in [-0.4, -0.2) is 62.0 Å². The van der Waals surface area contributed by atoms with Crippen LogP contribution in [0, 0.1) is 0 Å². The maximum atomic E-state index is 11.5. The van der Waals surface area contributed by atoms with Gasteiger partial charge in [0.15, 0.2) is 6.23 Å². The molecule has 0 amide bonds. The Balaban J connectivity index is 2.94. The van der Waals surface area contributed by atoms with Gasteiger partial charge in [0.05, 0.1) is 19.8 Å². The molecule has 0 aliphatic rings. The van der Waals surface area contributed by atoms with Crippen molar-refractivity contribution >= 4 is 0 Å². The second-order valence-electron chi connectivity index (χ2n) is 3.76. The summed E-state index contributed by atoms with van der Waals surface area (Å²) in [6.45, 7) is -1.89. The second-order valence-corrected chi connectivity index (χ2v) is 3.76. The number of rotatable bonds is 7. The van der Waals surface area contributed by atoms with Gasteiger partial charge in [-0.25, -0.2) is 4.79 Å². The molecule has 0 bridgehead atoms. The number of H-pyrrole nitrogens is 1. The summed E-state index contributed by atoms with van der Waals surface area (Å²) in [5.74, 6) is 0. The summed E-state index contributed by atoms with van der Waals surface area (Å²) >= 11 is 0. The molecular formula is C10H16N2O7. The molecule has 108 valence electrons. The lowest BCUT2D eigenvalue weighted by molar-refractivity contribution is -0.146. The van der Waals surface area contributed by atoms with Crippen LogP contribution in [0.1, 0.15) is 6.23 Å². The molecule has 0 unspecified atom stereocenters. The Labute approximate surface area is 107 Å². The number of nitrogens with one attached hydrogen (secondary N) is 1. The predicted octanol–water partition coefficient (Wildman–Crippen LogP) is -3.24. The van der Waals surface area contributed by atoms with E-state index in [1.807, 2.05) is 4.98 Å². The molecule has 1 aromatic rings. The minimum absolute atomic E-state index is 0.605. The van der Waals surface area contributed by atoms with E-state index < -0.39 is 49.5 Å². The molecule has 3 atom stereocenters. The lowest BCUT2D eigenvalue weighted by Crippen LogP contribution is -2.41. The summed E-state index contributed by atoms with van der Waals surface area (Å²) in [6.07, 6.45) is -2.64. The first-order chi connectivity index (χ1) is 9.03. The zero-order chi connectivity index (χ0) is 14.4. The molecule has 1 heterocycles. The van der Waals surface area contributed by atoms with Gasteiger partial charge in [-0.3, -0.25) is 14.3 Å². The van der Waals surface area contributed by atoms with Gasteiger partial charge in [-0.2, -0.15) is 0 Å². The molecule has 1 aromatic heterocycles. The number of hydrogen-bond acceptors (Lipinski definition) is 7. The van der Waals surface area contributed by atoms with E-state index in [0.717, 1.165) is 16.8 Å². The van der Waals surface area contributed by atoms with Gasteiger partial charge < -0.3 is 25.2 Å². The van der Waals surface area contributed by atoms with E-state index in [1.54, 1.807) is 0 Å². The second kappa shape index (κ2) is 7.16. The minimum Gasteiger partial charge on any atom is -0.394 e. The molecule has 5 N–H and O–H groups in total. The molecule has 0 aliphatic heterocycles. The minimum atomic E-state index is -1.36. The van der Waals surface area contributed by atoms with Crippen molar-refractivity contribution in [3.8, 4) is 0 Å². The number of ether oxygens (including phenoxy) is 1. The van der Waals surface area contributed by atoms with Crippen LogP contribution in [0.3, 0.4) is 0 Å². The van der Waals surface area contributed by atoms with E-state index >= 15 is 0 Å². The molecule has 0 aromatic carbocycles. The smallest absolute Gasteiger partial charge is 0.330 e. The van der Waals surface area contributed by atoms with E-state index in [0.29, 0.717) is 0 Å². The molecule has 0 fully saturated rings. The van der Waals surface area contributed by atoms with Crippen molar-refractivity contribution in [1.29, 1.82) is 0 Å². The Kier molecular flexibility index (Phi) is 5.86. The van der Waals surface area contributed by atoms with Gasteiger partial charge in [0.1, 0.15) is 12.2 Å². The van der Waals surface area contributed by atoms with Gasteiger partial charge in [0, 0.05) is 12.3 Å². The van der Waals surface area contributed by atoms with Gasteiger partial charge in [-0.15, -0.1) is 0 Å². The van der Waals surface area contributed by atoms with Crippen LogP contribution in [0.4, 0.5) is 0 Å². The molecule has 9 nitrogen and oxygen atoms in total. The molecule has 1 rings (SSSR count). The summed E-state index contributed by atoms with van der Waals surface area (Å²) < 4.78 is 6.04. The van der Waals surface area contributed by atoms with Gasteiger partial charge >= 0.3 is 5.69 Å². The lowest BCUT2D eigenvalue weighted by Gasteiger charge is -2.25. The van der Waals surface area contributed by atoms with Crippen LogP contribution in [0.2, 0.25) is 0 Å². The highest BCUT2D eigenvalue weighted by atomic mass is 16.5. The Morgan fingerprint density at radius 2 is 1.89 bits per heavy atom. The highest BCUT2D eigenvalue weighted by Crippen LogP contribution is 2.10. The fraction of sp³-hybridized carbons (Fsp3) is 0.600. The Hall–Kier alpha value is -1.52. The van der Waals surface area contributed by atoms with E-state index in [9.17, 15) is 14.7 Å². The summed E-state index contributed by atoms with van der Waals surface area (Å²) in [4.78, 5) is 24.4. The third-order valence-corrected chi connectivity index (χ3v) is 2.45. The number of aliphatic hydroxyl groups excluding tert-OH is 4. The van der Waals surface area contributed by atoms with Crippen molar-refractivity contribution in [3.63, 3.8) is 0 Å². The first kappa shape index (κ1) is 15.5. The predicted molar refractivity (Wildman–Crippen MR) is 62.5 cm³/mol. The SMILES string of the molecule is O=c1ccn([C@@H](CO)O[C@H](CO)[C@H](O)CO)c(=O)[nH]1. The maximum Gasteiger partial charge on any atom is 0.330 e. The summed E-state index contributed by atoms with van der Waals surface area (Å²) in [6, 6.07) is 1.06. The van der Waals surface area contributed by atoms with Crippen molar-refractivity contribution < 1.29 is 25.2 Å². The van der Waals surface area contributed by atoms with Crippen molar-refractivity contribution in [3.05, 3.63) is 33.1 Å². The summed E-state index contributed by atoms with van der Waals surface area (Å²) in [7, 11) is 0. The Morgan fingerprint density at radius 1 is 1.21 bits per heavy atom. The monoisotopic (exact) mass is 276 g/mol. The number of aromatic nitrogens is 2. The van der Waals surface area contributed by atoms with Crippen molar-refractivity contribution in [2.75, 3.05) is 19.8 Å². The Bertz CT molecular complexity index is 497. The van der Waals surface area contributed by atoms with Crippen LogP contribution in [-0.2, 0) is 4.74 Å². The highest BCUT2D eigenvalue weighted by molar-refractivity contribution is 4.84. The normalized spacial score (nSPS) is 16.0. The first-order valence-electron chi connectivity index (χ1n) is 5.51. The van der Waals surface area contributed by atoms with Crippen LogP contribution in [0.25, 0.3) is 0 Å². The Morgan fingerprint density at radius 3 is 2.37 bits per heavy atom. The molecule has 0 radical (unpaired) electrons. The van der Waals surface area contributed by atoms with E-state index in [4.69, 9.17) is 20.1 Å². The number of aromatic amines is 1. The molecule has 9 heteroatoms. The molecule has 0 saturated heterocycles. The molecule has 19 heavy (non-hydrogen) atoms. The van der Waals surface area contributed by atoms with Crippen molar-refractivity contribution in [1.82, 2.24) is 9.55 Å². The van der Waals surface area contributed by atoms with Crippen LogP contribution in [0.15, 0.2) is 21.9 Å². The fourth-order valence-corrected chi connectivity index (χ4v) is 1.43. The average Bonchev–Trinajstić information content (AvgIpc) is 2.40. The number of hydrogen-bond donors (Lipinski definition) is 5. The largest absolute Gasteiger partial charge is 0.394 e. The van der Waals surface area contributed by atoms with Crippen LogP contribution >= 0.6 is 0 Å². The van der Waals surface area contributed by atoms with Crippen molar-refractivity contribution in [2.45, 2.75) is 18.4 Å². The molecule has 0 saturated carbocycles.